The molecule has 0 aliphatic carbocycles. The summed E-state index contributed by atoms with van der Waals surface area (Å²) in [6, 6.07) is 16.5. The van der Waals surface area contributed by atoms with E-state index in [4.69, 9.17) is 20.8 Å². The van der Waals surface area contributed by atoms with Crippen LogP contribution in [0, 0.1) is 10.1 Å². The average molecular weight is 400 g/mol. The summed E-state index contributed by atoms with van der Waals surface area (Å²) >= 11 is 5.80. The Bertz CT molecular complexity index is 1020. The van der Waals surface area contributed by atoms with Crippen molar-refractivity contribution in [2.75, 3.05) is 6.61 Å². The molecule has 0 unspecified atom stereocenters. The van der Waals surface area contributed by atoms with Crippen LogP contribution in [0.5, 0.6) is 5.75 Å². The van der Waals surface area contributed by atoms with Gasteiger partial charge in [-0.15, -0.1) is 0 Å². The van der Waals surface area contributed by atoms with Crippen LogP contribution in [-0.4, -0.2) is 23.7 Å². The van der Waals surface area contributed by atoms with E-state index in [0.29, 0.717) is 22.8 Å². The lowest BCUT2D eigenvalue weighted by Gasteiger charge is -2.03. The van der Waals surface area contributed by atoms with Gasteiger partial charge in [0.25, 0.3) is 11.6 Å². The number of furan rings is 1. The third-order valence-electron chi connectivity index (χ3n) is 3.55. The lowest BCUT2D eigenvalue weighted by atomic mass is 10.1. The summed E-state index contributed by atoms with van der Waals surface area (Å²) in [6.45, 7) is -0.181. The Balaban J connectivity index is 1.58. The van der Waals surface area contributed by atoms with Gasteiger partial charge in [0.2, 0.25) is 0 Å². The molecule has 3 aromatic rings. The predicted molar refractivity (Wildman–Crippen MR) is 103 cm³/mol. The summed E-state index contributed by atoms with van der Waals surface area (Å²) in [6.07, 6.45) is 1.31. The molecule has 3 rings (SSSR count). The Morgan fingerprint density at radius 2 is 2.00 bits per heavy atom. The van der Waals surface area contributed by atoms with E-state index in [2.05, 4.69) is 10.5 Å². The normalized spacial score (nSPS) is 10.8. The lowest BCUT2D eigenvalue weighted by Crippen LogP contribution is -2.24. The van der Waals surface area contributed by atoms with Gasteiger partial charge < -0.3 is 9.15 Å². The van der Waals surface area contributed by atoms with Crippen LogP contribution >= 0.6 is 11.6 Å². The first-order valence-electron chi connectivity index (χ1n) is 8.07. The lowest BCUT2D eigenvalue weighted by molar-refractivity contribution is -0.384. The number of carbonyl (C=O) groups excluding carboxylic acids is 1. The first kappa shape index (κ1) is 19.1. The summed E-state index contributed by atoms with van der Waals surface area (Å²) in [7, 11) is 0. The van der Waals surface area contributed by atoms with Crippen molar-refractivity contribution in [2.24, 2.45) is 5.10 Å². The average Bonchev–Trinajstić information content (AvgIpc) is 3.16. The van der Waals surface area contributed by atoms with Gasteiger partial charge in [-0.3, -0.25) is 14.9 Å². The number of halogens is 1. The first-order chi connectivity index (χ1) is 13.5. The largest absolute Gasteiger partial charge is 0.484 e. The molecule has 1 N–H and O–H groups in total. The second-order valence-corrected chi connectivity index (χ2v) is 5.93. The highest BCUT2D eigenvalue weighted by molar-refractivity contribution is 6.32. The Kier molecular flexibility index (Phi) is 6.03. The number of hydrazone groups is 1. The van der Waals surface area contributed by atoms with Crippen LogP contribution in [0.4, 0.5) is 5.69 Å². The maximum absolute atomic E-state index is 11.7. The highest BCUT2D eigenvalue weighted by atomic mass is 35.5. The zero-order chi connectivity index (χ0) is 19.9. The Hall–Kier alpha value is -3.65. The topological polar surface area (TPSA) is 107 Å². The van der Waals surface area contributed by atoms with Gasteiger partial charge in [-0.25, -0.2) is 5.43 Å². The van der Waals surface area contributed by atoms with Gasteiger partial charge in [0, 0.05) is 11.6 Å². The molecule has 0 bridgehead atoms. The summed E-state index contributed by atoms with van der Waals surface area (Å²) in [5.74, 6) is 0.909. The maximum Gasteiger partial charge on any atom is 0.288 e. The number of nitro benzene ring substituents is 1. The molecular formula is C19H14ClN3O5. The van der Waals surface area contributed by atoms with E-state index in [1.807, 2.05) is 6.07 Å². The van der Waals surface area contributed by atoms with E-state index >= 15 is 0 Å². The molecule has 2 aromatic carbocycles. The van der Waals surface area contributed by atoms with Gasteiger partial charge in [-0.1, -0.05) is 29.8 Å². The predicted octanol–water partition coefficient (Wildman–Crippen LogP) is 4.04. The Morgan fingerprint density at radius 3 is 2.75 bits per heavy atom. The fourth-order valence-electron chi connectivity index (χ4n) is 2.25. The molecule has 0 atom stereocenters. The smallest absolute Gasteiger partial charge is 0.288 e. The Labute approximate surface area is 164 Å². The molecule has 1 heterocycles. The molecule has 0 aliphatic rings. The number of benzene rings is 2. The van der Waals surface area contributed by atoms with Crippen LogP contribution in [0.3, 0.4) is 0 Å². The van der Waals surface area contributed by atoms with E-state index in [0.717, 1.165) is 0 Å². The van der Waals surface area contributed by atoms with E-state index in [1.165, 1.54) is 18.3 Å². The maximum atomic E-state index is 11.7. The number of hydrogen-bond donors (Lipinski definition) is 1. The van der Waals surface area contributed by atoms with Gasteiger partial charge in [0.1, 0.15) is 22.3 Å². The number of rotatable bonds is 7. The molecule has 0 aliphatic heterocycles. The molecule has 0 fully saturated rings. The standard InChI is InChI=1S/C19H14ClN3O5/c20-16-8-6-13(10-17(16)23(25)26)18-9-7-15(28-18)11-21-22-19(24)12-27-14-4-2-1-3-5-14/h1-11H,12H2,(H,22,24)/b21-11-. The second kappa shape index (κ2) is 8.83. The van der Waals surface area contributed by atoms with Crippen molar-refractivity contribution in [2.45, 2.75) is 0 Å². The van der Waals surface area contributed by atoms with Crippen molar-refractivity contribution in [3.63, 3.8) is 0 Å². The zero-order valence-electron chi connectivity index (χ0n) is 14.4. The van der Waals surface area contributed by atoms with Crippen molar-refractivity contribution in [3.05, 3.63) is 81.6 Å². The van der Waals surface area contributed by atoms with Crippen molar-refractivity contribution in [1.82, 2.24) is 5.43 Å². The summed E-state index contributed by atoms with van der Waals surface area (Å²) in [5.41, 5.74) is 2.61. The molecule has 0 saturated heterocycles. The number of carbonyl (C=O) groups is 1. The van der Waals surface area contributed by atoms with Crippen LogP contribution in [0.15, 0.2) is 70.2 Å². The minimum atomic E-state index is -0.565. The number of amides is 1. The van der Waals surface area contributed by atoms with Crippen molar-refractivity contribution < 1.29 is 18.9 Å². The number of nitrogens with zero attached hydrogens (tertiary/aromatic N) is 2. The van der Waals surface area contributed by atoms with E-state index in [9.17, 15) is 14.9 Å². The Morgan fingerprint density at radius 1 is 1.21 bits per heavy atom. The highest BCUT2D eigenvalue weighted by Crippen LogP contribution is 2.30. The quantitative estimate of drug-likeness (QED) is 0.366. The van der Waals surface area contributed by atoms with Crippen LogP contribution in [0.1, 0.15) is 5.76 Å². The number of nitro groups is 1. The van der Waals surface area contributed by atoms with E-state index in [-0.39, 0.29) is 17.3 Å². The van der Waals surface area contributed by atoms with Crippen molar-refractivity contribution in [1.29, 1.82) is 0 Å². The molecule has 0 radical (unpaired) electrons. The summed E-state index contributed by atoms with van der Waals surface area (Å²) in [4.78, 5) is 22.1. The highest BCUT2D eigenvalue weighted by Gasteiger charge is 2.15. The van der Waals surface area contributed by atoms with Gasteiger partial charge in [0.05, 0.1) is 11.1 Å². The van der Waals surface area contributed by atoms with E-state index in [1.54, 1.807) is 42.5 Å². The van der Waals surface area contributed by atoms with Crippen LogP contribution in [-0.2, 0) is 4.79 Å². The number of nitrogens with one attached hydrogen (secondary N) is 1. The third kappa shape index (κ3) is 4.95. The molecule has 8 nitrogen and oxygen atoms in total. The fraction of sp³-hybridized carbons (Fsp3) is 0.0526. The molecule has 142 valence electrons. The number of ether oxygens (including phenoxy) is 1. The van der Waals surface area contributed by atoms with E-state index < -0.39 is 10.8 Å². The zero-order valence-corrected chi connectivity index (χ0v) is 15.1. The molecule has 1 aromatic heterocycles. The molecule has 28 heavy (non-hydrogen) atoms. The molecule has 0 spiro atoms. The first-order valence-corrected chi connectivity index (χ1v) is 8.44. The van der Waals surface area contributed by atoms with Gasteiger partial charge in [-0.05, 0) is 36.4 Å². The van der Waals surface area contributed by atoms with Crippen LogP contribution in [0.25, 0.3) is 11.3 Å². The molecule has 9 heteroatoms. The summed E-state index contributed by atoms with van der Waals surface area (Å²) < 4.78 is 10.9. The number of hydrogen-bond acceptors (Lipinski definition) is 6. The third-order valence-corrected chi connectivity index (χ3v) is 3.87. The summed E-state index contributed by atoms with van der Waals surface area (Å²) in [5, 5.41) is 14.8. The minimum absolute atomic E-state index is 0.0440. The fourth-order valence-corrected chi connectivity index (χ4v) is 2.44. The SMILES string of the molecule is O=C(COc1ccccc1)N/N=C\c1ccc(-c2ccc(Cl)c([N+](=O)[O-])c2)o1. The van der Waals surface area contributed by atoms with Gasteiger partial charge in [0.15, 0.2) is 6.61 Å². The van der Waals surface area contributed by atoms with Crippen LogP contribution < -0.4 is 10.2 Å². The number of para-hydroxylation sites is 1. The van der Waals surface area contributed by atoms with Gasteiger partial charge in [-0.2, -0.15) is 5.10 Å². The molecule has 0 saturated carbocycles. The minimum Gasteiger partial charge on any atom is -0.484 e. The van der Waals surface area contributed by atoms with Crippen LogP contribution in [0.2, 0.25) is 5.02 Å². The van der Waals surface area contributed by atoms with Crippen molar-refractivity contribution >= 4 is 29.4 Å². The van der Waals surface area contributed by atoms with Gasteiger partial charge >= 0.3 is 0 Å². The second-order valence-electron chi connectivity index (χ2n) is 5.52. The molecule has 1 amide bonds. The monoisotopic (exact) mass is 399 g/mol. The van der Waals surface area contributed by atoms with Crippen molar-refractivity contribution in [3.8, 4) is 17.1 Å². The molecular weight excluding hydrogens is 386 g/mol.